The van der Waals surface area contributed by atoms with E-state index in [9.17, 15) is 14.9 Å². The number of carbonyl (C=O) groups excluding carboxylic acids is 1. The molecule has 0 saturated carbocycles. The van der Waals surface area contributed by atoms with Gasteiger partial charge in [0.05, 0.1) is 23.4 Å². The van der Waals surface area contributed by atoms with Crippen molar-refractivity contribution in [3.8, 4) is 0 Å². The minimum Gasteiger partial charge on any atom is -0.453 e. The highest BCUT2D eigenvalue weighted by atomic mass is 32.1. The van der Waals surface area contributed by atoms with Gasteiger partial charge in [0.2, 0.25) is 0 Å². The first-order chi connectivity index (χ1) is 12.0. The molecular weight excluding hydrogens is 344 g/mol. The normalized spacial score (nSPS) is 10.3. The summed E-state index contributed by atoms with van der Waals surface area (Å²) in [5.41, 5.74) is 1.88. The lowest BCUT2D eigenvalue weighted by Gasteiger charge is -2.10. The van der Waals surface area contributed by atoms with Gasteiger partial charge >= 0.3 is 6.09 Å². The maximum atomic E-state index is 11.1. The van der Waals surface area contributed by atoms with Crippen LogP contribution in [0.4, 0.5) is 21.9 Å². The number of hydrogen-bond acceptors (Lipinski definition) is 6. The van der Waals surface area contributed by atoms with Crippen molar-refractivity contribution < 1.29 is 14.5 Å². The summed E-state index contributed by atoms with van der Waals surface area (Å²) >= 11 is 5.02. The molecule has 128 valence electrons. The molecule has 2 N–H and O–H groups in total. The number of benzene rings is 2. The number of methoxy groups -OCH3 is 1. The summed E-state index contributed by atoms with van der Waals surface area (Å²) in [5, 5.41) is 15.9. The Bertz CT molecular complexity index is 821. The molecule has 8 nitrogen and oxygen atoms in total. The van der Waals surface area contributed by atoms with Crippen molar-refractivity contribution in [2.75, 3.05) is 12.4 Å². The molecule has 2 aromatic carbocycles. The van der Waals surface area contributed by atoms with Crippen molar-refractivity contribution >= 4 is 46.7 Å². The summed E-state index contributed by atoms with van der Waals surface area (Å²) in [4.78, 5) is 25.7. The number of carbonyl (C=O) groups is 1. The first kappa shape index (κ1) is 18.0. The largest absolute Gasteiger partial charge is 0.453 e. The van der Waals surface area contributed by atoms with Gasteiger partial charge in [0.1, 0.15) is 0 Å². The molecule has 0 heterocycles. The second-order valence-corrected chi connectivity index (χ2v) is 5.10. The third-order valence-electron chi connectivity index (χ3n) is 3.01. The van der Waals surface area contributed by atoms with E-state index in [1.807, 2.05) is 0 Å². The summed E-state index contributed by atoms with van der Waals surface area (Å²) in [5.74, 6) is 0. The van der Waals surface area contributed by atoms with Crippen LogP contribution < -0.4 is 10.6 Å². The first-order valence-corrected chi connectivity index (χ1v) is 7.44. The van der Waals surface area contributed by atoms with Gasteiger partial charge in [-0.05, 0) is 42.0 Å². The van der Waals surface area contributed by atoms with Gasteiger partial charge < -0.3 is 10.1 Å². The number of nitrogens with zero attached hydrogens (tertiary/aromatic N) is 2. The molecule has 0 bridgehead atoms. The lowest BCUT2D eigenvalue weighted by Crippen LogP contribution is -2.33. The number of thiocarbonyl (C=S) groups is 1. The van der Waals surface area contributed by atoms with Crippen LogP contribution in [0.3, 0.4) is 0 Å². The Morgan fingerprint density at radius 1 is 1.24 bits per heavy atom. The molecule has 9 heteroatoms. The summed E-state index contributed by atoms with van der Waals surface area (Å²) in [6.45, 7) is 0. The van der Waals surface area contributed by atoms with E-state index in [2.05, 4.69) is 20.4 Å². The van der Waals surface area contributed by atoms with Gasteiger partial charge in [-0.2, -0.15) is 0 Å². The van der Waals surface area contributed by atoms with Crippen LogP contribution in [-0.4, -0.2) is 29.5 Å². The number of para-hydroxylation sites is 2. The molecule has 0 atom stereocenters. The highest BCUT2D eigenvalue weighted by molar-refractivity contribution is 7.80. The minimum absolute atomic E-state index is 0.0125. The fourth-order valence-corrected chi connectivity index (χ4v) is 2.01. The van der Waals surface area contributed by atoms with Gasteiger partial charge in [-0.25, -0.2) is 4.79 Å². The number of alkyl carbamates (subject to hydrolysis) is 1. The summed E-state index contributed by atoms with van der Waals surface area (Å²) in [7, 11) is 1.24. The van der Waals surface area contributed by atoms with Crippen molar-refractivity contribution in [3.05, 3.63) is 64.2 Å². The first-order valence-electron chi connectivity index (χ1n) is 7.03. The van der Waals surface area contributed by atoms with Crippen molar-refractivity contribution in [2.24, 2.45) is 4.99 Å². The molecule has 0 aliphatic rings. The van der Waals surface area contributed by atoms with E-state index in [4.69, 9.17) is 12.2 Å². The average Bonchev–Trinajstić information content (AvgIpc) is 2.61. The van der Waals surface area contributed by atoms with Crippen LogP contribution in [0.5, 0.6) is 0 Å². The van der Waals surface area contributed by atoms with E-state index in [-0.39, 0.29) is 10.8 Å². The fourth-order valence-electron chi connectivity index (χ4n) is 1.82. The number of amides is 1. The monoisotopic (exact) mass is 358 g/mol. The highest BCUT2D eigenvalue weighted by Gasteiger charge is 2.06. The quantitative estimate of drug-likeness (QED) is 0.375. The number of nitro groups is 1. The molecule has 0 spiro atoms. The summed E-state index contributed by atoms with van der Waals surface area (Å²) in [6, 6.07) is 13.1. The van der Waals surface area contributed by atoms with E-state index < -0.39 is 11.0 Å². The third kappa shape index (κ3) is 5.36. The predicted octanol–water partition coefficient (Wildman–Crippen LogP) is 3.40. The maximum Gasteiger partial charge on any atom is 0.413 e. The third-order valence-corrected chi connectivity index (χ3v) is 3.21. The van der Waals surface area contributed by atoms with E-state index >= 15 is 0 Å². The molecule has 2 aromatic rings. The van der Waals surface area contributed by atoms with Gasteiger partial charge in [-0.3, -0.25) is 20.4 Å². The lowest BCUT2D eigenvalue weighted by molar-refractivity contribution is -0.384. The number of nitrogens with one attached hydrogen (secondary N) is 2. The molecule has 0 aliphatic heterocycles. The zero-order valence-corrected chi connectivity index (χ0v) is 13.9. The molecule has 0 fully saturated rings. The van der Waals surface area contributed by atoms with Crippen molar-refractivity contribution in [3.63, 3.8) is 0 Å². The molecule has 0 radical (unpaired) electrons. The van der Waals surface area contributed by atoms with E-state index in [1.54, 1.807) is 42.6 Å². The van der Waals surface area contributed by atoms with Crippen molar-refractivity contribution in [2.45, 2.75) is 0 Å². The smallest absolute Gasteiger partial charge is 0.413 e. The average molecular weight is 358 g/mol. The number of aliphatic imine (C=N–C) groups is 1. The zero-order valence-electron chi connectivity index (χ0n) is 13.1. The van der Waals surface area contributed by atoms with Crippen LogP contribution in [0, 0.1) is 10.1 Å². The van der Waals surface area contributed by atoms with Crippen LogP contribution >= 0.6 is 12.2 Å². The molecule has 2 rings (SSSR count). The number of rotatable bonds is 4. The molecule has 1 amide bonds. The molecule has 0 unspecified atom stereocenters. The molecule has 0 aromatic heterocycles. The second kappa shape index (κ2) is 8.50. The Morgan fingerprint density at radius 2 is 1.92 bits per heavy atom. The Morgan fingerprint density at radius 3 is 2.56 bits per heavy atom. The van der Waals surface area contributed by atoms with Crippen LogP contribution in [0.25, 0.3) is 0 Å². The topological polar surface area (TPSA) is 106 Å². The van der Waals surface area contributed by atoms with Crippen molar-refractivity contribution in [1.82, 2.24) is 5.32 Å². The number of ether oxygens (including phenoxy) is 1. The Labute approximate surface area is 148 Å². The summed E-state index contributed by atoms with van der Waals surface area (Å²) < 4.78 is 4.47. The number of non-ortho nitro benzene ring substituents is 1. The maximum absolute atomic E-state index is 11.1. The van der Waals surface area contributed by atoms with Gasteiger partial charge in [0, 0.05) is 18.3 Å². The zero-order chi connectivity index (χ0) is 18.2. The van der Waals surface area contributed by atoms with Gasteiger partial charge in [-0.15, -0.1) is 0 Å². The number of nitro benzene ring substituents is 1. The Balaban J connectivity index is 2.13. The minimum atomic E-state index is -0.677. The number of anilines is 1. The van der Waals surface area contributed by atoms with E-state index in [0.717, 1.165) is 0 Å². The van der Waals surface area contributed by atoms with E-state index in [1.165, 1.54) is 19.2 Å². The van der Waals surface area contributed by atoms with Gasteiger partial charge in [-0.1, -0.05) is 12.1 Å². The summed E-state index contributed by atoms with van der Waals surface area (Å²) in [6.07, 6.45) is 0.894. The van der Waals surface area contributed by atoms with Crippen LogP contribution in [0.15, 0.2) is 53.5 Å². The Hall–Kier alpha value is -3.33. The van der Waals surface area contributed by atoms with Gasteiger partial charge in [0.15, 0.2) is 5.11 Å². The molecular formula is C16H14N4O4S. The van der Waals surface area contributed by atoms with Gasteiger partial charge in [0.25, 0.3) is 5.69 Å². The molecule has 25 heavy (non-hydrogen) atoms. The standard InChI is InChI=1S/C16H14N4O4S/c1-24-16(21)19-15(25)18-14-5-3-2-4-13(14)17-10-11-6-8-12(9-7-11)20(22)23/h2-10H,1H3,(H2,18,19,21,25). The van der Waals surface area contributed by atoms with E-state index in [0.29, 0.717) is 16.9 Å². The van der Waals surface area contributed by atoms with Crippen LogP contribution in [0.2, 0.25) is 0 Å². The highest BCUT2D eigenvalue weighted by Crippen LogP contribution is 2.24. The predicted molar refractivity (Wildman–Crippen MR) is 98.6 cm³/mol. The fraction of sp³-hybridized carbons (Fsp3) is 0.0625. The van der Waals surface area contributed by atoms with Crippen LogP contribution in [0.1, 0.15) is 5.56 Å². The van der Waals surface area contributed by atoms with Crippen LogP contribution in [-0.2, 0) is 4.74 Å². The SMILES string of the molecule is COC(=O)NC(=S)Nc1ccccc1N=Cc1ccc([N+](=O)[O-])cc1. The lowest BCUT2D eigenvalue weighted by atomic mass is 10.2. The second-order valence-electron chi connectivity index (χ2n) is 4.69. The Kier molecular flexibility index (Phi) is 6.13. The molecule has 0 aliphatic carbocycles. The number of hydrogen-bond donors (Lipinski definition) is 2. The van der Waals surface area contributed by atoms with Crippen molar-refractivity contribution in [1.29, 1.82) is 0 Å². The molecule has 0 saturated heterocycles.